The zero-order valence-corrected chi connectivity index (χ0v) is 15.8. The molecule has 0 spiro atoms. The summed E-state index contributed by atoms with van der Waals surface area (Å²) in [6.07, 6.45) is 1.70. The van der Waals surface area contributed by atoms with Gasteiger partial charge in [0.2, 0.25) is 0 Å². The average Bonchev–Trinajstić information content (AvgIpc) is 2.70. The topological polar surface area (TPSA) is 47.9 Å². The first kappa shape index (κ1) is 18.5. The molecular formula is C23H25N3O. The van der Waals surface area contributed by atoms with E-state index >= 15 is 0 Å². The predicted molar refractivity (Wildman–Crippen MR) is 115 cm³/mol. The number of benzene rings is 3. The maximum absolute atomic E-state index is 10.3. The summed E-state index contributed by atoms with van der Waals surface area (Å²) >= 11 is 0. The van der Waals surface area contributed by atoms with Crippen LogP contribution in [0.1, 0.15) is 19.4 Å². The van der Waals surface area contributed by atoms with Crippen LogP contribution in [0.15, 0.2) is 77.8 Å². The maximum atomic E-state index is 10.3. The van der Waals surface area contributed by atoms with Crippen molar-refractivity contribution in [1.82, 2.24) is 0 Å². The lowest BCUT2D eigenvalue weighted by Gasteiger charge is -2.21. The summed E-state index contributed by atoms with van der Waals surface area (Å²) in [6, 6.07) is 23.6. The third-order valence-electron chi connectivity index (χ3n) is 4.43. The van der Waals surface area contributed by atoms with Crippen molar-refractivity contribution in [1.29, 1.82) is 0 Å². The van der Waals surface area contributed by atoms with Crippen LogP contribution in [0.5, 0.6) is 5.75 Å². The molecule has 0 amide bonds. The fourth-order valence-electron chi connectivity index (χ4n) is 2.89. The molecule has 0 unspecified atom stereocenters. The zero-order valence-electron chi connectivity index (χ0n) is 15.8. The van der Waals surface area contributed by atoms with Gasteiger partial charge in [0.05, 0.1) is 5.69 Å². The third kappa shape index (κ3) is 4.88. The summed E-state index contributed by atoms with van der Waals surface area (Å²) in [6.45, 7) is 6.03. The lowest BCUT2D eigenvalue weighted by atomic mass is 10.1. The van der Waals surface area contributed by atoms with Gasteiger partial charge in [-0.2, -0.15) is 0 Å². The largest absolute Gasteiger partial charge is 0.507 e. The van der Waals surface area contributed by atoms with E-state index < -0.39 is 0 Å². The molecule has 0 aliphatic rings. The van der Waals surface area contributed by atoms with Crippen LogP contribution in [-0.4, -0.2) is 24.4 Å². The summed E-state index contributed by atoms with van der Waals surface area (Å²) in [5.74, 6) is 0.241. The number of aliphatic imine (C=N–C) groups is 1. The van der Waals surface area contributed by atoms with Gasteiger partial charge in [0.25, 0.3) is 0 Å². The SMILES string of the molecule is CCN(CC)c1ccc(C=Nc2ccc(Nc3ccccc3)cc2)c(O)c1. The minimum Gasteiger partial charge on any atom is -0.507 e. The van der Waals surface area contributed by atoms with E-state index in [1.165, 1.54) is 0 Å². The molecule has 4 nitrogen and oxygen atoms in total. The van der Waals surface area contributed by atoms with Crippen molar-refractivity contribution in [3.8, 4) is 5.75 Å². The van der Waals surface area contributed by atoms with Gasteiger partial charge in [0.1, 0.15) is 5.75 Å². The van der Waals surface area contributed by atoms with Crippen molar-refractivity contribution in [2.24, 2.45) is 4.99 Å². The molecule has 0 saturated carbocycles. The van der Waals surface area contributed by atoms with Gasteiger partial charge >= 0.3 is 0 Å². The minimum atomic E-state index is 0.241. The maximum Gasteiger partial charge on any atom is 0.126 e. The molecule has 0 aromatic heterocycles. The Kier molecular flexibility index (Phi) is 6.10. The highest BCUT2D eigenvalue weighted by atomic mass is 16.3. The number of rotatable bonds is 7. The summed E-state index contributed by atoms with van der Waals surface area (Å²) in [5.41, 5.74) is 4.61. The molecule has 2 N–H and O–H groups in total. The molecule has 138 valence electrons. The van der Waals surface area contributed by atoms with Gasteiger partial charge in [-0.15, -0.1) is 0 Å². The highest BCUT2D eigenvalue weighted by Crippen LogP contribution is 2.25. The highest BCUT2D eigenvalue weighted by Gasteiger charge is 2.05. The smallest absolute Gasteiger partial charge is 0.126 e. The van der Waals surface area contributed by atoms with Crippen LogP contribution in [-0.2, 0) is 0 Å². The van der Waals surface area contributed by atoms with Gasteiger partial charge < -0.3 is 15.3 Å². The van der Waals surface area contributed by atoms with E-state index in [9.17, 15) is 5.11 Å². The van der Waals surface area contributed by atoms with Crippen LogP contribution < -0.4 is 10.2 Å². The van der Waals surface area contributed by atoms with Crippen LogP contribution >= 0.6 is 0 Å². The van der Waals surface area contributed by atoms with E-state index in [1.54, 1.807) is 12.3 Å². The molecule has 0 bridgehead atoms. The van der Waals surface area contributed by atoms with Crippen molar-refractivity contribution in [3.63, 3.8) is 0 Å². The third-order valence-corrected chi connectivity index (χ3v) is 4.43. The number of para-hydroxylation sites is 1. The van der Waals surface area contributed by atoms with Gasteiger partial charge in [-0.1, -0.05) is 18.2 Å². The van der Waals surface area contributed by atoms with Crippen molar-refractivity contribution < 1.29 is 5.11 Å². The number of aromatic hydroxyl groups is 1. The van der Waals surface area contributed by atoms with Gasteiger partial charge in [0.15, 0.2) is 0 Å². The molecule has 3 aromatic carbocycles. The summed E-state index contributed by atoms with van der Waals surface area (Å²) < 4.78 is 0. The monoisotopic (exact) mass is 359 g/mol. The first-order chi connectivity index (χ1) is 13.2. The number of hydrogen-bond acceptors (Lipinski definition) is 4. The number of phenolic OH excluding ortho intramolecular Hbond substituents is 1. The molecule has 0 atom stereocenters. The van der Waals surface area contributed by atoms with E-state index in [0.717, 1.165) is 35.8 Å². The number of phenols is 1. The van der Waals surface area contributed by atoms with Crippen LogP contribution in [0.25, 0.3) is 0 Å². The van der Waals surface area contributed by atoms with Gasteiger partial charge in [0, 0.05) is 48.0 Å². The van der Waals surface area contributed by atoms with Crippen LogP contribution in [0.2, 0.25) is 0 Å². The molecular weight excluding hydrogens is 334 g/mol. The van der Waals surface area contributed by atoms with E-state index in [1.807, 2.05) is 66.7 Å². The Balaban J connectivity index is 1.69. The van der Waals surface area contributed by atoms with Gasteiger partial charge in [-0.3, -0.25) is 4.99 Å². The van der Waals surface area contributed by atoms with Crippen molar-refractivity contribution in [2.75, 3.05) is 23.3 Å². The van der Waals surface area contributed by atoms with Gasteiger partial charge in [-0.25, -0.2) is 0 Å². The number of nitrogens with zero attached hydrogens (tertiary/aromatic N) is 2. The second kappa shape index (κ2) is 8.90. The highest BCUT2D eigenvalue weighted by molar-refractivity contribution is 5.86. The molecule has 3 rings (SSSR count). The molecule has 0 fully saturated rings. The van der Waals surface area contributed by atoms with E-state index in [2.05, 4.69) is 29.1 Å². The minimum absolute atomic E-state index is 0.241. The standard InChI is InChI=1S/C23H25N3O/c1-3-26(4-2)22-15-10-18(23(27)16-22)17-24-19-11-13-21(14-12-19)25-20-8-6-5-7-9-20/h5-17,25,27H,3-4H2,1-2H3. The Morgan fingerprint density at radius 3 is 2.19 bits per heavy atom. The summed E-state index contributed by atoms with van der Waals surface area (Å²) in [4.78, 5) is 6.67. The number of nitrogens with one attached hydrogen (secondary N) is 1. The van der Waals surface area contributed by atoms with E-state index in [0.29, 0.717) is 5.56 Å². The van der Waals surface area contributed by atoms with E-state index in [-0.39, 0.29) is 5.75 Å². The van der Waals surface area contributed by atoms with Crippen LogP contribution in [0.4, 0.5) is 22.7 Å². The lowest BCUT2D eigenvalue weighted by Crippen LogP contribution is -2.21. The summed E-state index contributed by atoms with van der Waals surface area (Å²) in [5, 5.41) is 13.6. The molecule has 27 heavy (non-hydrogen) atoms. The van der Waals surface area contributed by atoms with Crippen LogP contribution in [0.3, 0.4) is 0 Å². The fourth-order valence-corrected chi connectivity index (χ4v) is 2.89. The number of hydrogen-bond donors (Lipinski definition) is 2. The fraction of sp³-hybridized carbons (Fsp3) is 0.174. The first-order valence-corrected chi connectivity index (χ1v) is 9.23. The number of anilines is 3. The van der Waals surface area contributed by atoms with Crippen molar-refractivity contribution >= 4 is 29.0 Å². The summed E-state index contributed by atoms with van der Waals surface area (Å²) in [7, 11) is 0. The average molecular weight is 359 g/mol. The molecule has 0 aliphatic carbocycles. The second-order valence-electron chi connectivity index (χ2n) is 6.21. The molecule has 0 heterocycles. The van der Waals surface area contributed by atoms with Gasteiger partial charge in [-0.05, 0) is 62.4 Å². The first-order valence-electron chi connectivity index (χ1n) is 9.23. The lowest BCUT2D eigenvalue weighted by molar-refractivity contribution is 0.474. The Labute approximate surface area is 160 Å². The molecule has 0 aliphatic heterocycles. The predicted octanol–water partition coefficient (Wildman–Crippen LogP) is 5.73. The zero-order chi connectivity index (χ0) is 19.1. The Morgan fingerprint density at radius 2 is 1.56 bits per heavy atom. The Morgan fingerprint density at radius 1 is 0.889 bits per heavy atom. The van der Waals surface area contributed by atoms with Crippen LogP contribution in [0, 0.1) is 0 Å². The molecule has 0 radical (unpaired) electrons. The Hall–Kier alpha value is -3.27. The van der Waals surface area contributed by atoms with Crippen molar-refractivity contribution in [2.45, 2.75) is 13.8 Å². The normalized spacial score (nSPS) is 10.9. The quantitative estimate of drug-likeness (QED) is 0.529. The Bertz CT molecular complexity index is 885. The van der Waals surface area contributed by atoms with Crippen molar-refractivity contribution in [3.05, 3.63) is 78.4 Å². The second-order valence-corrected chi connectivity index (χ2v) is 6.21. The molecule has 4 heteroatoms. The molecule has 3 aromatic rings. The molecule has 0 saturated heterocycles. The van der Waals surface area contributed by atoms with E-state index in [4.69, 9.17) is 0 Å².